The van der Waals surface area contributed by atoms with E-state index >= 15 is 0 Å². The van der Waals surface area contributed by atoms with Crippen LogP contribution in [0.2, 0.25) is 0 Å². The number of hydrogen-bond donors (Lipinski definition) is 1. The minimum Gasteiger partial charge on any atom is -0.395 e. The maximum atomic E-state index is 8.88. The summed E-state index contributed by atoms with van der Waals surface area (Å²) in [6.45, 7) is 0.629. The van der Waals surface area contributed by atoms with Gasteiger partial charge in [-0.15, -0.1) is 0 Å². The van der Waals surface area contributed by atoms with Gasteiger partial charge in [0.1, 0.15) is 4.60 Å². The molecule has 2 heterocycles. The normalized spacial score (nSPS) is 10.9. The van der Waals surface area contributed by atoms with E-state index in [-0.39, 0.29) is 6.61 Å². The van der Waals surface area contributed by atoms with Crippen LogP contribution in [0.4, 0.5) is 5.82 Å². The summed E-state index contributed by atoms with van der Waals surface area (Å²) in [5.74, 6) is 0.753. The summed E-state index contributed by atoms with van der Waals surface area (Å²) in [6.07, 6.45) is 5.43. The average Bonchev–Trinajstić information content (AvgIpc) is 2.64. The highest BCUT2D eigenvalue weighted by Gasteiger charge is 2.10. The second-order valence-corrected chi connectivity index (χ2v) is 4.00. The maximum absolute atomic E-state index is 8.88. The average molecular weight is 271 g/mol. The van der Waals surface area contributed by atoms with Crippen molar-refractivity contribution in [2.45, 2.75) is 0 Å². The predicted molar refractivity (Wildman–Crippen MR) is 61.0 cm³/mol. The van der Waals surface area contributed by atoms with Crippen LogP contribution >= 0.6 is 15.9 Å². The smallest absolute Gasteiger partial charge is 0.180 e. The van der Waals surface area contributed by atoms with Gasteiger partial charge in [0.15, 0.2) is 11.5 Å². The number of hydrogen-bond acceptors (Lipinski definition) is 4. The van der Waals surface area contributed by atoms with E-state index in [1.54, 1.807) is 6.20 Å². The van der Waals surface area contributed by atoms with Crippen molar-refractivity contribution in [3.63, 3.8) is 0 Å². The van der Waals surface area contributed by atoms with E-state index in [0.717, 1.165) is 16.1 Å². The van der Waals surface area contributed by atoms with Gasteiger partial charge in [0.2, 0.25) is 0 Å². The number of halogens is 1. The van der Waals surface area contributed by atoms with Crippen molar-refractivity contribution in [1.82, 2.24) is 14.4 Å². The van der Waals surface area contributed by atoms with Crippen LogP contribution in [0.3, 0.4) is 0 Å². The second kappa shape index (κ2) is 4.16. The summed E-state index contributed by atoms with van der Waals surface area (Å²) in [5.41, 5.74) is 0.786. The SMILES string of the molecule is CN(CCO)c1nc(Br)cn2ccnc12. The minimum absolute atomic E-state index is 0.0948. The summed E-state index contributed by atoms with van der Waals surface area (Å²) in [7, 11) is 1.87. The van der Waals surface area contributed by atoms with Crippen molar-refractivity contribution in [3.05, 3.63) is 23.2 Å². The molecule has 0 fully saturated rings. The fourth-order valence-corrected chi connectivity index (χ4v) is 1.79. The van der Waals surface area contributed by atoms with E-state index in [9.17, 15) is 0 Å². The molecule has 0 spiro atoms. The van der Waals surface area contributed by atoms with Crippen molar-refractivity contribution < 1.29 is 5.11 Å². The van der Waals surface area contributed by atoms with Gasteiger partial charge in [0.05, 0.1) is 6.61 Å². The monoisotopic (exact) mass is 270 g/mol. The third-order valence-electron chi connectivity index (χ3n) is 2.12. The van der Waals surface area contributed by atoms with Crippen molar-refractivity contribution in [2.24, 2.45) is 0 Å². The molecule has 2 rings (SSSR count). The van der Waals surface area contributed by atoms with Crippen LogP contribution in [0.25, 0.3) is 5.65 Å². The largest absolute Gasteiger partial charge is 0.395 e. The Balaban J connectivity index is 2.52. The number of imidazole rings is 1. The number of nitrogens with zero attached hydrogens (tertiary/aromatic N) is 4. The van der Waals surface area contributed by atoms with Gasteiger partial charge < -0.3 is 14.4 Å². The zero-order chi connectivity index (χ0) is 10.8. The lowest BCUT2D eigenvalue weighted by Crippen LogP contribution is -2.23. The van der Waals surface area contributed by atoms with E-state index in [1.807, 2.05) is 28.7 Å². The van der Waals surface area contributed by atoms with E-state index in [1.165, 1.54) is 0 Å². The molecule has 0 aliphatic heterocycles. The van der Waals surface area contributed by atoms with E-state index in [4.69, 9.17) is 5.11 Å². The molecule has 6 heteroatoms. The first-order valence-corrected chi connectivity index (χ1v) is 5.33. The Kier molecular flexibility index (Phi) is 2.88. The van der Waals surface area contributed by atoms with Crippen molar-refractivity contribution >= 4 is 27.4 Å². The number of rotatable bonds is 3. The number of likely N-dealkylation sites (N-methyl/N-ethyl adjacent to an activating group) is 1. The standard InChI is InChI=1S/C9H11BrN4O/c1-13(4-5-15)9-8-11-2-3-14(8)6-7(10)12-9/h2-3,6,15H,4-5H2,1H3. The first kappa shape index (κ1) is 10.4. The molecule has 0 saturated carbocycles. The number of aliphatic hydroxyl groups is 1. The molecule has 1 N–H and O–H groups in total. The first-order chi connectivity index (χ1) is 7.22. The van der Waals surface area contributed by atoms with Gasteiger partial charge in [-0.2, -0.15) is 0 Å². The highest BCUT2D eigenvalue weighted by molar-refractivity contribution is 9.10. The van der Waals surface area contributed by atoms with E-state index < -0.39 is 0 Å². The Hall–Kier alpha value is -1.14. The Morgan fingerprint density at radius 1 is 1.60 bits per heavy atom. The summed E-state index contributed by atoms with van der Waals surface area (Å²) in [4.78, 5) is 10.4. The summed E-state index contributed by atoms with van der Waals surface area (Å²) >= 11 is 3.34. The Morgan fingerprint density at radius 2 is 2.40 bits per heavy atom. The van der Waals surface area contributed by atoms with Crippen LogP contribution in [0.1, 0.15) is 0 Å². The maximum Gasteiger partial charge on any atom is 0.180 e. The molecule has 80 valence electrons. The third-order valence-corrected chi connectivity index (χ3v) is 2.51. The second-order valence-electron chi connectivity index (χ2n) is 3.19. The van der Waals surface area contributed by atoms with Crippen LogP contribution in [0.5, 0.6) is 0 Å². The number of aliphatic hydroxyl groups excluding tert-OH is 1. The Bertz CT molecular complexity index is 470. The summed E-state index contributed by atoms with van der Waals surface area (Å²) < 4.78 is 2.63. The molecule has 2 aromatic rings. The highest BCUT2D eigenvalue weighted by atomic mass is 79.9. The minimum atomic E-state index is 0.0948. The predicted octanol–water partition coefficient (Wildman–Crippen LogP) is 0.920. The Labute approximate surface area is 95.5 Å². The van der Waals surface area contributed by atoms with Crippen LogP contribution in [0.15, 0.2) is 23.2 Å². The highest BCUT2D eigenvalue weighted by Crippen LogP contribution is 2.19. The molecule has 0 amide bonds. The van der Waals surface area contributed by atoms with Crippen LogP contribution in [-0.4, -0.2) is 39.7 Å². The molecule has 0 atom stereocenters. The van der Waals surface area contributed by atoms with Crippen LogP contribution < -0.4 is 4.90 Å². The summed E-state index contributed by atoms with van der Waals surface area (Å²) in [5, 5.41) is 8.88. The zero-order valence-electron chi connectivity index (χ0n) is 8.26. The van der Waals surface area contributed by atoms with Gasteiger partial charge in [-0.25, -0.2) is 9.97 Å². The van der Waals surface area contributed by atoms with Gasteiger partial charge >= 0.3 is 0 Å². The fraction of sp³-hybridized carbons (Fsp3) is 0.333. The zero-order valence-corrected chi connectivity index (χ0v) is 9.85. The van der Waals surface area contributed by atoms with Gasteiger partial charge in [0, 0.05) is 32.2 Å². The van der Waals surface area contributed by atoms with Gasteiger partial charge in [-0.05, 0) is 15.9 Å². The molecular weight excluding hydrogens is 260 g/mol. The van der Waals surface area contributed by atoms with E-state index in [0.29, 0.717) is 6.54 Å². The lowest BCUT2D eigenvalue weighted by molar-refractivity contribution is 0.304. The topological polar surface area (TPSA) is 53.7 Å². The van der Waals surface area contributed by atoms with Crippen molar-refractivity contribution in [2.75, 3.05) is 25.1 Å². The molecule has 5 nitrogen and oxygen atoms in total. The molecule has 0 aromatic carbocycles. The Morgan fingerprint density at radius 3 is 3.13 bits per heavy atom. The summed E-state index contributed by atoms with van der Waals surface area (Å²) in [6, 6.07) is 0. The molecular formula is C9H11BrN4O. The molecule has 0 bridgehead atoms. The van der Waals surface area contributed by atoms with Gasteiger partial charge in [-0.1, -0.05) is 0 Å². The lowest BCUT2D eigenvalue weighted by atomic mass is 10.5. The molecule has 2 aromatic heterocycles. The lowest BCUT2D eigenvalue weighted by Gasteiger charge is -2.17. The third kappa shape index (κ3) is 1.95. The van der Waals surface area contributed by atoms with Crippen molar-refractivity contribution in [1.29, 1.82) is 0 Å². The number of fused-ring (bicyclic) bond motifs is 1. The molecule has 0 saturated heterocycles. The molecule has 0 radical (unpaired) electrons. The van der Waals surface area contributed by atoms with Gasteiger partial charge in [0.25, 0.3) is 0 Å². The molecule has 15 heavy (non-hydrogen) atoms. The first-order valence-electron chi connectivity index (χ1n) is 4.53. The molecule has 0 unspecified atom stereocenters. The number of anilines is 1. The van der Waals surface area contributed by atoms with E-state index in [2.05, 4.69) is 25.9 Å². The van der Waals surface area contributed by atoms with Gasteiger partial charge in [-0.3, -0.25) is 0 Å². The molecule has 0 aliphatic carbocycles. The quantitative estimate of drug-likeness (QED) is 0.902. The van der Waals surface area contributed by atoms with Crippen molar-refractivity contribution in [3.8, 4) is 0 Å². The molecule has 0 aliphatic rings. The van der Waals surface area contributed by atoms with Crippen LogP contribution in [0, 0.1) is 0 Å². The van der Waals surface area contributed by atoms with Crippen LogP contribution in [-0.2, 0) is 0 Å². The fourth-order valence-electron chi connectivity index (χ4n) is 1.40. The number of aromatic nitrogens is 3.